The van der Waals surface area contributed by atoms with Crippen LogP contribution in [0.25, 0.3) is 0 Å². The van der Waals surface area contributed by atoms with Gasteiger partial charge < -0.3 is 20.6 Å². The number of aliphatic hydroxyl groups excluding tert-OH is 1. The van der Waals surface area contributed by atoms with Crippen molar-refractivity contribution in [2.45, 2.75) is 50.7 Å². The molecule has 2 rings (SSSR count). The molecule has 0 radical (unpaired) electrons. The summed E-state index contributed by atoms with van der Waals surface area (Å²) in [5, 5.41) is 15.4. The smallest absolute Gasteiger partial charge is 0.315 e. The lowest BCUT2D eigenvalue weighted by Crippen LogP contribution is -2.44. The Labute approximate surface area is 139 Å². The number of rotatable bonds is 6. The highest BCUT2D eigenvalue weighted by molar-refractivity contribution is 5.74. The van der Waals surface area contributed by atoms with Crippen LogP contribution >= 0.6 is 0 Å². The molecule has 23 heavy (non-hydrogen) atoms. The first-order chi connectivity index (χ1) is 11.0. The van der Waals surface area contributed by atoms with Crippen molar-refractivity contribution in [2.24, 2.45) is 0 Å². The van der Waals surface area contributed by atoms with E-state index in [0.29, 0.717) is 6.54 Å². The molecule has 0 heterocycles. The number of anilines is 1. The van der Waals surface area contributed by atoms with Gasteiger partial charge in [-0.25, -0.2) is 4.79 Å². The second kappa shape index (κ2) is 8.77. The highest BCUT2D eigenvalue weighted by Gasteiger charge is 2.20. The molecule has 1 fully saturated rings. The van der Waals surface area contributed by atoms with Crippen molar-refractivity contribution in [3.63, 3.8) is 0 Å². The van der Waals surface area contributed by atoms with E-state index in [2.05, 4.69) is 39.8 Å². The average molecular weight is 319 g/mol. The van der Waals surface area contributed by atoms with Crippen LogP contribution in [0.5, 0.6) is 0 Å². The third-order valence-electron chi connectivity index (χ3n) is 4.41. The molecule has 0 bridgehead atoms. The fourth-order valence-electron chi connectivity index (χ4n) is 2.91. The third kappa shape index (κ3) is 6.10. The van der Waals surface area contributed by atoms with Crippen LogP contribution in [0.4, 0.5) is 10.5 Å². The van der Waals surface area contributed by atoms with Gasteiger partial charge >= 0.3 is 6.03 Å². The minimum absolute atomic E-state index is 0.0886. The summed E-state index contributed by atoms with van der Waals surface area (Å²) in [6, 6.07) is 8.64. The summed E-state index contributed by atoms with van der Waals surface area (Å²) in [6.07, 6.45) is 5.01. The summed E-state index contributed by atoms with van der Waals surface area (Å²) in [6.45, 7) is 0.677. The van der Waals surface area contributed by atoms with Gasteiger partial charge in [-0.2, -0.15) is 0 Å². The van der Waals surface area contributed by atoms with E-state index in [4.69, 9.17) is 0 Å². The Bertz CT molecular complexity index is 480. The zero-order valence-corrected chi connectivity index (χ0v) is 14.2. The van der Waals surface area contributed by atoms with E-state index in [1.807, 2.05) is 14.1 Å². The Hall–Kier alpha value is -1.75. The van der Waals surface area contributed by atoms with E-state index in [-0.39, 0.29) is 18.2 Å². The molecule has 0 aromatic heterocycles. The molecule has 5 nitrogen and oxygen atoms in total. The van der Waals surface area contributed by atoms with Crippen molar-refractivity contribution in [2.75, 3.05) is 25.5 Å². The molecule has 0 unspecified atom stereocenters. The van der Waals surface area contributed by atoms with Crippen LogP contribution in [0.2, 0.25) is 0 Å². The zero-order valence-electron chi connectivity index (χ0n) is 14.2. The summed E-state index contributed by atoms with van der Waals surface area (Å²) < 4.78 is 0. The molecule has 128 valence electrons. The van der Waals surface area contributed by atoms with Gasteiger partial charge in [0.25, 0.3) is 0 Å². The SMILES string of the molecule is CN(C)c1ccc(CCCNC(=O)NC2CCC(O)CC2)cc1. The van der Waals surface area contributed by atoms with Gasteiger partial charge in [0.1, 0.15) is 0 Å². The minimum atomic E-state index is -0.185. The maximum absolute atomic E-state index is 11.8. The first kappa shape index (κ1) is 17.6. The van der Waals surface area contributed by atoms with Gasteiger partial charge in [0.05, 0.1) is 6.10 Å². The van der Waals surface area contributed by atoms with Gasteiger partial charge in [-0.15, -0.1) is 0 Å². The molecule has 0 aliphatic heterocycles. The lowest BCUT2D eigenvalue weighted by Gasteiger charge is -2.26. The number of nitrogens with zero attached hydrogens (tertiary/aromatic N) is 1. The van der Waals surface area contributed by atoms with E-state index in [1.54, 1.807) is 0 Å². The van der Waals surface area contributed by atoms with E-state index in [9.17, 15) is 9.90 Å². The van der Waals surface area contributed by atoms with E-state index >= 15 is 0 Å². The van der Waals surface area contributed by atoms with Gasteiger partial charge in [-0.1, -0.05) is 12.1 Å². The van der Waals surface area contributed by atoms with E-state index in [1.165, 1.54) is 11.3 Å². The number of aryl methyl sites for hydroxylation is 1. The molecule has 1 aromatic carbocycles. The predicted octanol–water partition coefficient (Wildman–Crippen LogP) is 2.29. The maximum atomic E-state index is 11.8. The lowest BCUT2D eigenvalue weighted by molar-refractivity contribution is 0.117. The van der Waals surface area contributed by atoms with Crippen LogP contribution < -0.4 is 15.5 Å². The summed E-state index contributed by atoms with van der Waals surface area (Å²) in [5.74, 6) is 0. The van der Waals surface area contributed by atoms with Gasteiger partial charge in [0.2, 0.25) is 0 Å². The maximum Gasteiger partial charge on any atom is 0.315 e. The number of carbonyl (C=O) groups is 1. The second-order valence-corrected chi connectivity index (χ2v) is 6.57. The van der Waals surface area contributed by atoms with Crippen molar-refractivity contribution in [1.82, 2.24) is 10.6 Å². The Morgan fingerprint density at radius 3 is 2.43 bits per heavy atom. The van der Waals surface area contributed by atoms with Gasteiger partial charge in [0.15, 0.2) is 0 Å². The molecule has 2 amide bonds. The fourth-order valence-corrected chi connectivity index (χ4v) is 2.91. The number of urea groups is 1. The normalized spacial score (nSPS) is 20.8. The van der Waals surface area contributed by atoms with Crippen LogP contribution in [0.3, 0.4) is 0 Å². The summed E-state index contributed by atoms with van der Waals surface area (Å²) in [7, 11) is 4.06. The van der Waals surface area contributed by atoms with Crippen LogP contribution in [0.1, 0.15) is 37.7 Å². The Balaban J connectivity index is 1.60. The third-order valence-corrected chi connectivity index (χ3v) is 4.41. The first-order valence-electron chi connectivity index (χ1n) is 8.53. The standard InChI is InChI=1S/C18H29N3O2/c1-21(2)16-9-5-14(6-10-16)4-3-13-19-18(23)20-15-7-11-17(22)12-8-15/h5-6,9-10,15,17,22H,3-4,7-8,11-13H2,1-2H3,(H2,19,20,23). The minimum Gasteiger partial charge on any atom is -0.393 e. The zero-order chi connectivity index (χ0) is 16.7. The second-order valence-electron chi connectivity index (χ2n) is 6.57. The Kier molecular flexibility index (Phi) is 6.71. The first-order valence-corrected chi connectivity index (χ1v) is 8.53. The van der Waals surface area contributed by atoms with Gasteiger partial charge in [-0.05, 0) is 56.2 Å². The van der Waals surface area contributed by atoms with Crippen molar-refractivity contribution < 1.29 is 9.90 Å². The van der Waals surface area contributed by atoms with Crippen LogP contribution in [-0.2, 0) is 6.42 Å². The monoisotopic (exact) mass is 319 g/mol. The number of hydrogen-bond acceptors (Lipinski definition) is 3. The number of carbonyl (C=O) groups excluding carboxylic acids is 1. The molecule has 1 aromatic rings. The lowest BCUT2D eigenvalue weighted by atomic mass is 9.93. The van der Waals surface area contributed by atoms with E-state index < -0.39 is 0 Å². The van der Waals surface area contributed by atoms with Gasteiger partial charge in [-0.3, -0.25) is 0 Å². The molecule has 0 atom stereocenters. The van der Waals surface area contributed by atoms with Crippen molar-refractivity contribution in [1.29, 1.82) is 0 Å². The number of amides is 2. The van der Waals surface area contributed by atoms with Crippen molar-refractivity contribution >= 4 is 11.7 Å². The highest BCUT2D eigenvalue weighted by atomic mass is 16.3. The molecular formula is C18H29N3O2. The molecule has 0 spiro atoms. The fraction of sp³-hybridized carbons (Fsp3) is 0.611. The van der Waals surface area contributed by atoms with Crippen LogP contribution in [-0.4, -0.2) is 43.9 Å². The van der Waals surface area contributed by atoms with Crippen molar-refractivity contribution in [3.05, 3.63) is 29.8 Å². The summed E-state index contributed by atoms with van der Waals surface area (Å²) in [5.41, 5.74) is 2.49. The predicted molar refractivity (Wildman–Crippen MR) is 93.9 cm³/mol. The van der Waals surface area contributed by atoms with Gasteiger partial charge in [0, 0.05) is 32.4 Å². The molecule has 0 saturated heterocycles. The van der Waals surface area contributed by atoms with E-state index in [0.717, 1.165) is 38.5 Å². The molecular weight excluding hydrogens is 290 g/mol. The molecule has 1 aliphatic carbocycles. The number of aliphatic hydroxyl groups is 1. The van der Waals surface area contributed by atoms with Crippen LogP contribution in [0.15, 0.2) is 24.3 Å². The Morgan fingerprint density at radius 1 is 1.17 bits per heavy atom. The average Bonchev–Trinajstić information content (AvgIpc) is 2.54. The largest absolute Gasteiger partial charge is 0.393 e. The van der Waals surface area contributed by atoms with Crippen molar-refractivity contribution in [3.8, 4) is 0 Å². The molecule has 1 aliphatic rings. The Morgan fingerprint density at radius 2 is 1.83 bits per heavy atom. The summed E-state index contributed by atoms with van der Waals surface area (Å²) >= 11 is 0. The topological polar surface area (TPSA) is 64.6 Å². The quantitative estimate of drug-likeness (QED) is 0.705. The molecule has 1 saturated carbocycles. The molecule has 5 heteroatoms. The number of nitrogens with one attached hydrogen (secondary N) is 2. The number of benzene rings is 1. The summed E-state index contributed by atoms with van der Waals surface area (Å²) in [4.78, 5) is 13.9. The highest BCUT2D eigenvalue weighted by Crippen LogP contribution is 2.18. The molecule has 3 N–H and O–H groups in total. The van der Waals surface area contributed by atoms with Crippen LogP contribution in [0, 0.1) is 0 Å². The number of hydrogen-bond donors (Lipinski definition) is 3.